The largest absolute Gasteiger partial charge is 0.393 e. The predicted molar refractivity (Wildman–Crippen MR) is 88.1 cm³/mol. The van der Waals surface area contributed by atoms with Crippen molar-refractivity contribution in [2.75, 3.05) is 0 Å². The second kappa shape index (κ2) is 12.4. The zero-order chi connectivity index (χ0) is 16.1. The lowest BCUT2D eigenvalue weighted by Crippen LogP contribution is -2.25. The topological polar surface area (TPSA) is 74.6 Å². The van der Waals surface area contributed by atoms with Gasteiger partial charge in [0, 0.05) is 0 Å². The highest BCUT2D eigenvalue weighted by molar-refractivity contribution is 7.86. The summed E-state index contributed by atoms with van der Waals surface area (Å²) in [6, 6.07) is 0. The average Bonchev–Trinajstić information content (AvgIpc) is 2.42. The molecule has 2 unspecified atom stereocenters. The molecule has 0 amide bonds. The fraction of sp³-hybridized carbons (Fsp3) is 1.00. The fourth-order valence-electron chi connectivity index (χ4n) is 2.54. The summed E-state index contributed by atoms with van der Waals surface area (Å²) in [7, 11) is -4.04. The molecule has 2 N–H and O–H groups in total. The first-order chi connectivity index (χ1) is 9.91. The molecule has 0 fully saturated rings. The Morgan fingerprint density at radius 2 is 1.33 bits per heavy atom. The molecule has 0 saturated carbocycles. The molecular weight excluding hydrogens is 288 g/mol. The highest BCUT2D eigenvalue weighted by Crippen LogP contribution is 2.18. The van der Waals surface area contributed by atoms with Gasteiger partial charge in [-0.05, 0) is 19.3 Å². The van der Waals surface area contributed by atoms with Crippen LogP contribution in [0.2, 0.25) is 0 Å². The van der Waals surface area contributed by atoms with E-state index in [1.54, 1.807) is 0 Å². The summed E-state index contributed by atoms with van der Waals surface area (Å²) in [5.41, 5.74) is 0. The summed E-state index contributed by atoms with van der Waals surface area (Å²) in [6.07, 6.45) is 11.1. The first kappa shape index (κ1) is 20.9. The van der Waals surface area contributed by atoms with Gasteiger partial charge in [-0.15, -0.1) is 0 Å². The lowest BCUT2D eigenvalue weighted by molar-refractivity contribution is 0.156. The average molecular weight is 323 g/mol. The van der Waals surface area contributed by atoms with Gasteiger partial charge in [0.2, 0.25) is 0 Å². The molecule has 0 rings (SSSR count). The van der Waals surface area contributed by atoms with Crippen molar-refractivity contribution >= 4 is 10.1 Å². The Balaban J connectivity index is 3.74. The maximum atomic E-state index is 11.3. The smallest absolute Gasteiger partial charge is 0.267 e. The molecule has 0 aliphatic heterocycles. The van der Waals surface area contributed by atoms with Gasteiger partial charge in [-0.2, -0.15) is 8.42 Å². The third-order valence-corrected chi connectivity index (χ3v) is 5.33. The molecule has 128 valence electrons. The number of rotatable bonds is 14. The molecule has 0 heterocycles. The van der Waals surface area contributed by atoms with Crippen molar-refractivity contribution < 1.29 is 18.1 Å². The van der Waals surface area contributed by atoms with Crippen molar-refractivity contribution in [3.8, 4) is 0 Å². The van der Waals surface area contributed by atoms with Crippen molar-refractivity contribution in [2.24, 2.45) is 0 Å². The van der Waals surface area contributed by atoms with Gasteiger partial charge in [-0.25, -0.2) is 0 Å². The molecule has 4 nitrogen and oxygen atoms in total. The van der Waals surface area contributed by atoms with E-state index in [-0.39, 0.29) is 6.42 Å². The highest BCUT2D eigenvalue weighted by atomic mass is 32.2. The van der Waals surface area contributed by atoms with Crippen LogP contribution in [0.5, 0.6) is 0 Å². The van der Waals surface area contributed by atoms with Crippen molar-refractivity contribution in [1.82, 2.24) is 0 Å². The third kappa shape index (κ3) is 12.1. The third-order valence-electron chi connectivity index (χ3n) is 4.06. The zero-order valence-electron chi connectivity index (χ0n) is 13.8. The Bertz CT molecular complexity index is 327. The first-order valence-corrected chi connectivity index (χ1v) is 10.1. The van der Waals surface area contributed by atoms with Gasteiger partial charge in [0.1, 0.15) is 0 Å². The van der Waals surface area contributed by atoms with Crippen molar-refractivity contribution in [1.29, 1.82) is 0 Å². The zero-order valence-corrected chi connectivity index (χ0v) is 14.6. The standard InChI is InChI=1S/C16H34O4S/c1-3-5-6-7-8-9-10-11-12-13-16(21(18,19)20)14-15(17)4-2/h15-17H,3-14H2,1-2H3,(H,18,19,20). The van der Waals surface area contributed by atoms with Crippen molar-refractivity contribution in [3.05, 3.63) is 0 Å². The van der Waals surface area contributed by atoms with E-state index in [4.69, 9.17) is 0 Å². The van der Waals surface area contributed by atoms with Crippen LogP contribution in [-0.2, 0) is 10.1 Å². The van der Waals surface area contributed by atoms with Crippen LogP contribution in [0, 0.1) is 0 Å². The van der Waals surface area contributed by atoms with Crippen molar-refractivity contribution in [2.45, 2.75) is 102 Å². The van der Waals surface area contributed by atoms with E-state index < -0.39 is 21.5 Å². The Morgan fingerprint density at radius 3 is 1.76 bits per heavy atom. The lowest BCUT2D eigenvalue weighted by Gasteiger charge is -2.16. The van der Waals surface area contributed by atoms with Crippen LogP contribution in [0.15, 0.2) is 0 Å². The maximum absolute atomic E-state index is 11.3. The first-order valence-electron chi connectivity index (χ1n) is 8.56. The van der Waals surface area contributed by atoms with Crippen LogP contribution in [-0.4, -0.2) is 29.4 Å². The van der Waals surface area contributed by atoms with Gasteiger partial charge in [-0.3, -0.25) is 4.55 Å². The number of hydrogen-bond donors (Lipinski definition) is 2. The van der Waals surface area contributed by atoms with Crippen LogP contribution in [0.4, 0.5) is 0 Å². The molecule has 21 heavy (non-hydrogen) atoms. The van der Waals surface area contributed by atoms with E-state index in [1.165, 1.54) is 38.5 Å². The van der Waals surface area contributed by atoms with Gasteiger partial charge in [0.25, 0.3) is 10.1 Å². The van der Waals surface area contributed by atoms with Crippen LogP contribution in [0.3, 0.4) is 0 Å². The van der Waals surface area contributed by atoms with Gasteiger partial charge in [0.15, 0.2) is 0 Å². The Morgan fingerprint density at radius 1 is 0.857 bits per heavy atom. The van der Waals surface area contributed by atoms with Gasteiger partial charge in [-0.1, -0.05) is 71.6 Å². The molecule has 0 aliphatic rings. The molecule has 0 bridgehead atoms. The van der Waals surface area contributed by atoms with Gasteiger partial charge < -0.3 is 5.11 Å². The Labute approximate surface area is 131 Å². The molecule has 0 aromatic rings. The minimum Gasteiger partial charge on any atom is -0.393 e. The predicted octanol–water partition coefficient (Wildman–Crippen LogP) is 4.32. The molecule has 0 saturated heterocycles. The number of hydrogen-bond acceptors (Lipinski definition) is 3. The second-order valence-electron chi connectivity index (χ2n) is 6.05. The minimum absolute atomic E-state index is 0.145. The fourth-order valence-corrected chi connectivity index (χ4v) is 3.47. The van der Waals surface area contributed by atoms with E-state index in [0.717, 1.165) is 19.3 Å². The molecule has 2 atom stereocenters. The van der Waals surface area contributed by atoms with Gasteiger partial charge >= 0.3 is 0 Å². The lowest BCUT2D eigenvalue weighted by atomic mass is 10.0. The van der Waals surface area contributed by atoms with Crippen LogP contribution in [0.25, 0.3) is 0 Å². The molecular formula is C16H34O4S. The summed E-state index contributed by atoms with van der Waals surface area (Å²) in [6.45, 7) is 4.02. The van der Waals surface area contributed by atoms with Crippen LogP contribution >= 0.6 is 0 Å². The molecule has 0 aromatic heterocycles. The van der Waals surface area contributed by atoms with Gasteiger partial charge in [0.05, 0.1) is 11.4 Å². The molecule has 5 heteroatoms. The van der Waals surface area contributed by atoms with E-state index in [9.17, 15) is 18.1 Å². The highest BCUT2D eigenvalue weighted by Gasteiger charge is 2.24. The number of aliphatic hydroxyl groups excluding tert-OH is 1. The Kier molecular flexibility index (Phi) is 12.3. The Hall–Kier alpha value is -0.130. The normalized spacial score (nSPS) is 15.0. The quantitative estimate of drug-likeness (QED) is 0.369. The molecule has 0 radical (unpaired) electrons. The molecule has 0 aliphatic carbocycles. The van der Waals surface area contributed by atoms with E-state index in [2.05, 4.69) is 6.92 Å². The SMILES string of the molecule is CCCCCCCCCCCC(CC(O)CC)S(=O)(=O)O. The van der Waals surface area contributed by atoms with Crippen molar-refractivity contribution in [3.63, 3.8) is 0 Å². The summed E-state index contributed by atoms with van der Waals surface area (Å²) in [5, 5.41) is 8.75. The number of aliphatic hydroxyl groups is 1. The maximum Gasteiger partial charge on any atom is 0.267 e. The van der Waals surface area contributed by atoms with Crippen LogP contribution in [0.1, 0.15) is 90.9 Å². The summed E-state index contributed by atoms with van der Waals surface area (Å²) in [5.74, 6) is 0. The van der Waals surface area contributed by atoms with E-state index >= 15 is 0 Å². The second-order valence-corrected chi connectivity index (χ2v) is 7.75. The summed E-state index contributed by atoms with van der Waals surface area (Å²) in [4.78, 5) is 0. The molecule has 0 aromatic carbocycles. The molecule has 0 spiro atoms. The summed E-state index contributed by atoms with van der Waals surface area (Å²) >= 11 is 0. The van der Waals surface area contributed by atoms with E-state index in [0.29, 0.717) is 12.8 Å². The van der Waals surface area contributed by atoms with Crippen LogP contribution < -0.4 is 0 Å². The monoisotopic (exact) mass is 322 g/mol. The minimum atomic E-state index is -4.04. The van der Waals surface area contributed by atoms with E-state index in [1.807, 2.05) is 6.92 Å². The number of unbranched alkanes of at least 4 members (excludes halogenated alkanes) is 8. The summed E-state index contributed by atoms with van der Waals surface area (Å²) < 4.78 is 31.8.